The monoisotopic (exact) mass is 667 g/mol. The van der Waals surface area contributed by atoms with Crippen LogP contribution in [0.3, 0.4) is 0 Å². The van der Waals surface area contributed by atoms with Crippen molar-refractivity contribution < 1.29 is 24.9 Å². The number of methoxy groups -OCH3 is 2. The summed E-state index contributed by atoms with van der Waals surface area (Å²) in [5.74, 6) is 0.484. The average molecular weight is 668 g/mol. The van der Waals surface area contributed by atoms with Crippen LogP contribution in [0.2, 0.25) is 5.02 Å². The molecule has 0 radical (unpaired) electrons. The van der Waals surface area contributed by atoms with Gasteiger partial charge >= 0.3 is 6.03 Å². The van der Waals surface area contributed by atoms with Crippen LogP contribution in [-0.4, -0.2) is 72.9 Å². The van der Waals surface area contributed by atoms with E-state index in [4.69, 9.17) is 31.8 Å². The van der Waals surface area contributed by atoms with E-state index >= 15 is 0 Å². The highest BCUT2D eigenvalue weighted by Gasteiger charge is 2.33. The summed E-state index contributed by atoms with van der Waals surface area (Å²) >= 11 is 6.29. The summed E-state index contributed by atoms with van der Waals surface area (Å²) in [5.41, 5.74) is 6.74. The van der Waals surface area contributed by atoms with Gasteiger partial charge in [-0.3, -0.25) is 14.5 Å². The molecule has 1 aliphatic rings. The number of benzene rings is 3. The molecular formula is C33H39ClFN7O5. The highest BCUT2D eigenvalue weighted by molar-refractivity contribution is 6.31. The van der Waals surface area contributed by atoms with Crippen molar-refractivity contribution in [3.8, 4) is 11.5 Å². The summed E-state index contributed by atoms with van der Waals surface area (Å²) in [4.78, 5) is 49.3. The van der Waals surface area contributed by atoms with E-state index in [9.17, 15) is 18.8 Å². The van der Waals surface area contributed by atoms with Gasteiger partial charge in [-0.1, -0.05) is 18.5 Å². The maximum atomic E-state index is 14.3. The number of aromatic nitrogens is 2. The number of ether oxygens (including phenoxy) is 2. The fourth-order valence-corrected chi connectivity index (χ4v) is 5.72. The van der Waals surface area contributed by atoms with Gasteiger partial charge in [0.15, 0.2) is 5.82 Å². The first-order valence-electron chi connectivity index (χ1n) is 15.2. The van der Waals surface area contributed by atoms with E-state index < -0.39 is 23.9 Å². The van der Waals surface area contributed by atoms with E-state index in [2.05, 4.69) is 5.32 Å². The number of carbonyl (C=O) groups excluding carboxylic acids is 2. The number of nitrogens with one attached hydrogen (secondary N) is 1. The normalized spacial score (nSPS) is 14.4. The van der Waals surface area contributed by atoms with Crippen LogP contribution in [0.4, 0.5) is 20.6 Å². The van der Waals surface area contributed by atoms with E-state index in [-0.39, 0.29) is 18.7 Å². The Kier molecular flexibility index (Phi) is 10.2. The molecule has 1 unspecified atom stereocenters. The number of carbonyl (C=O) groups is 2. The lowest BCUT2D eigenvalue weighted by atomic mass is 10.1. The average Bonchev–Trinajstić information content (AvgIpc) is 3.09. The van der Waals surface area contributed by atoms with Crippen molar-refractivity contribution in [1.29, 1.82) is 0 Å². The van der Waals surface area contributed by atoms with Gasteiger partial charge in [0.05, 0.1) is 56.0 Å². The van der Waals surface area contributed by atoms with Crippen LogP contribution in [0, 0.1) is 5.82 Å². The summed E-state index contributed by atoms with van der Waals surface area (Å²) in [7, 11) is 2.99. The van der Waals surface area contributed by atoms with Gasteiger partial charge in [-0.2, -0.15) is 0 Å². The number of anilines is 2. The number of rotatable bonds is 9. The molecule has 250 valence electrons. The maximum Gasteiger partial charge on any atom is 0.327 e. The van der Waals surface area contributed by atoms with Gasteiger partial charge in [0.2, 0.25) is 5.91 Å². The lowest BCUT2D eigenvalue weighted by Crippen LogP contribution is -2.58. The zero-order chi connectivity index (χ0) is 33.8. The summed E-state index contributed by atoms with van der Waals surface area (Å²) in [6.45, 7) is 4.89. The van der Waals surface area contributed by atoms with Crippen molar-refractivity contribution in [3.05, 3.63) is 87.7 Å². The molecule has 4 aromatic rings. The quantitative estimate of drug-likeness (QED) is 0.261. The van der Waals surface area contributed by atoms with Crippen LogP contribution in [0.5, 0.6) is 11.5 Å². The van der Waals surface area contributed by atoms with Gasteiger partial charge in [-0.15, -0.1) is 0 Å². The van der Waals surface area contributed by atoms with Crippen molar-refractivity contribution in [2.24, 2.45) is 5.73 Å². The second-order valence-electron chi connectivity index (χ2n) is 11.1. The molecule has 2 heterocycles. The minimum atomic E-state index is -0.876. The molecule has 2 atom stereocenters. The molecule has 1 aliphatic heterocycles. The highest BCUT2D eigenvalue weighted by atomic mass is 35.5. The van der Waals surface area contributed by atoms with Crippen LogP contribution < -0.4 is 36.0 Å². The molecule has 0 spiro atoms. The summed E-state index contributed by atoms with van der Waals surface area (Å²) in [6.07, 6.45) is 0.514. The first kappa shape index (κ1) is 33.5. The number of hydrogen-bond acceptors (Lipinski definition) is 8. The van der Waals surface area contributed by atoms with Gasteiger partial charge in [-0.25, -0.2) is 18.8 Å². The molecule has 0 aliphatic carbocycles. The fourth-order valence-electron chi connectivity index (χ4n) is 5.55. The Morgan fingerprint density at radius 2 is 1.77 bits per heavy atom. The Balaban J connectivity index is 0.00000520. The lowest BCUT2D eigenvalue weighted by Gasteiger charge is -2.39. The van der Waals surface area contributed by atoms with E-state index in [1.54, 1.807) is 48.2 Å². The Hall–Kier alpha value is -4.88. The molecule has 0 saturated carbocycles. The molecule has 1 aromatic heterocycles. The number of fused-ring (bicyclic) bond motifs is 1. The molecule has 3 aromatic carbocycles. The third-order valence-electron chi connectivity index (χ3n) is 8.16. The first-order chi connectivity index (χ1) is 22.6. The fraction of sp³-hybridized carbons (Fsp3) is 0.333. The van der Waals surface area contributed by atoms with E-state index in [0.717, 1.165) is 0 Å². The summed E-state index contributed by atoms with van der Waals surface area (Å²) < 4.78 is 26.2. The van der Waals surface area contributed by atoms with E-state index in [1.807, 2.05) is 11.9 Å². The minimum Gasteiger partial charge on any atom is -0.497 e. The van der Waals surface area contributed by atoms with Gasteiger partial charge in [0, 0.05) is 31.3 Å². The molecule has 1 fully saturated rings. The number of nitrogens with zero attached hydrogens (tertiary/aromatic N) is 5. The Labute approximate surface area is 277 Å². The molecule has 0 bridgehead atoms. The molecule has 1 saturated heterocycles. The second kappa shape index (κ2) is 14.3. The van der Waals surface area contributed by atoms with Gasteiger partial charge < -0.3 is 30.4 Å². The number of piperazine rings is 1. The molecule has 5 rings (SSSR count). The Bertz CT molecular complexity index is 1840. The van der Waals surface area contributed by atoms with Gasteiger partial charge in [0.1, 0.15) is 17.3 Å². The third-order valence-corrected chi connectivity index (χ3v) is 8.40. The summed E-state index contributed by atoms with van der Waals surface area (Å²) in [6, 6.07) is 13.1. The molecule has 14 heteroatoms. The SMILES string of the molecule is CC[C@H](N)C(=O)N1CCN(n2c(C(C)N(C(=O)Nc3ccc(F)cc3)c3ccc(OC)cc3OC)nc3ccc(Cl)cc3c2=O)CC1.[HH]. The number of halogens is 2. The molecular weight excluding hydrogens is 629 g/mol. The topological polar surface area (TPSA) is 135 Å². The van der Waals surface area contributed by atoms with Crippen molar-refractivity contribution in [2.45, 2.75) is 32.4 Å². The van der Waals surface area contributed by atoms with E-state index in [1.165, 1.54) is 48.1 Å². The Morgan fingerprint density at radius 1 is 1.06 bits per heavy atom. The summed E-state index contributed by atoms with van der Waals surface area (Å²) in [5, 5.41) is 5.30. The van der Waals surface area contributed by atoms with Gasteiger partial charge in [0.25, 0.3) is 5.56 Å². The van der Waals surface area contributed by atoms with Crippen LogP contribution in [0.1, 0.15) is 33.6 Å². The van der Waals surface area contributed by atoms with Crippen molar-refractivity contribution >= 4 is 45.8 Å². The zero-order valence-electron chi connectivity index (χ0n) is 26.6. The van der Waals surface area contributed by atoms with Gasteiger partial charge in [-0.05, 0) is 67.9 Å². The van der Waals surface area contributed by atoms with Crippen LogP contribution in [-0.2, 0) is 4.79 Å². The minimum absolute atomic E-state index is 0. The molecule has 3 N–H and O–H groups in total. The van der Waals surface area contributed by atoms with Crippen LogP contribution in [0.25, 0.3) is 10.9 Å². The van der Waals surface area contributed by atoms with Crippen LogP contribution in [0.15, 0.2) is 65.5 Å². The number of urea groups is 1. The number of nitrogens with two attached hydrogens (primary N) is 1. The Morgan fingerprint density at radius 3 is 2.40 bits per heavy atom. The lowest BCUT2D eigenvalue weighted by molar-refractivity contribution is -0.133. The third kappa shape index (κ3) is 6.96. The zero-order valence-corrected chi connectivity index (χ0v) is 27.3. The second-order valence-corrected chi connectivity index (χ2v) is 11.5. The smallest absolute Gasteiger partial charge is 0.327 e. The first-order valence-corrected chi connectivity index (χ1v) is 15.5. The number of hydrogen-bond donors (Lipinski definition) is 2. The van der Waals surface area contributed by atoms with Crippen molar-refractivity contribution in [2.75, 3.05) is 55.6 Å². The standard InChI is InChI=1S/C33H37ClFN7O5.H2/c1-5-26(36)32(44)39-14-16-40(17-15-39)42-30(38-27-12-6-21(34)18-25(27)31(42)43)20(2)41(28-13-11-24(46-3)19-29(28)47-4)33(45)37-23-9-7-22(35)8-10-23;/h6-13,18-20,26H,5,14-17,36H2,1-4H3,(H,37,45);1H/t20?,26-;/m0./s1. The molecule has 12 nitrogen and oxygen atoms in total. The van der Waals surface area contributed by atoms with Crippen molar-refractivity contribution in [3.63, 3.8) is 0 Å². The number of amides is 3. The molecule has 3 amide bonds. The largest absolute Gasteiger partial charge is 0.497 e. The highest BCUT2D eigenvalue weighted by Crippen LogP contribution is 2.37. The predicted molar refractivity (Wildman–Crippen MR) is 182 cm³/mol. The van der Waals surface area contributed by atoms with E-state index in [0.29, 0.717) is 71.4 Å². The van der Waals surface area contributed by atoms with Crippen LogP contribution >= 0.6 is 11.6 Å². The maximum absolute atomic E-state index is 14.3. The molecule has 47 heavy (non-hydrogen) atoms. The van der Waals surface area contributed by atoms with Crippen molar-refractivity contribution in [1.82, 2.24) is 14.6 Å². The predicted octanol–water partition coefficient (Wildman–Crippen LogP) is 4.77.